The van der Waals surface area contributed by atoms with E-state index >= 15 is 0 Å². The van der Waals surface area contributed by atoms with Gasteiger partial charge in [0.15, 0.2) is 5.11 Å². The molecule has 6 nitrogen and oxygen atoms in total. The first-order chi connectivity index (χ1) is 11.6. The number of thiocarbonyl (C=S) groups is 1. The molecule has 126 valence electrons. The molecule has 0 amide bonds. The minimum Gasteiger partial charge on any atom is -0.465 e. The number of aromatic amines is 1. The number of carbonyl (C=O) groups is 1. The largest absolute Gasteiger partial charge is 0.465 e. The minimum absolute atomic E-state index is 0.103. The summed E-state index contributed by atoms with van der Waals surface area (Å²) < 4.78 is 5.09. The van der Waals surface area contributed by atoms with Crippen molar-refractivity contribution in [2.24, 2.45) is 0 Å². The molecule has 24 heavy (non-hydrogen) atoms. The van der Waals surface area contributed by atoms with E-state index in [2.05, 4.69) is 15.3 Å². The molecule has 2 N–H and O–H groups in total. The van der Waals surface area contributed by atoms with Gasteiger partial charge in [-0.1, -0.05) is 6.07 Å². The van der Waals surface area contributed by atoms with E-state index in [-0.39, 0.29) is 24.6 Å². The van der Waals surface area contributed by atoms with Crippen molar-refractivity contribution in [3.8, 4) is 0 Å². The topological polar surface area (TPSA) is 70.2 Å². The minimum atomic E-state index is -0.295. The van der Waals surface area contributed by atoms with Crippen molar-refractivity contribution in [3.05, 3.63) is 53.6 Å². The molecule has 2 aromatic rings. The van der Waals surface area contributed by atoms with Crippen LogP contribution < -0.4 is 5.32 Å². The fourth-order valence-electron chi connectivity index (χ4n) is 2.96. The molecule has 0 radical (unpaired) electrons. The van der Waals surface area contributed by atoms with Gasteiger partial charge in [-0.3, -0.25) is 9.78 Å². The van der Waals surface area contributed by atoms with Crippen LogP contribution in [0.5, 0.6) is 0 Å². The Morgan fingerprint density at radius 1 is 1.38 bits per heavy atom. The molecule has 1 saturated heterocycles. The third-order valence-corrected chi connectivity index (χ3v) is 4.33. The van der Waals surface area contributed by atoms with Crippen molar-refractivity contribution in [3.63, 3.8) is 0 Å². The molecule has 1 fully saturated rings. The van der Waals surface area contributed by atoms with Crippen LogP contribution in [-0.4, -0.2) is 39.1 Å². The molecule has 0 bridgehead atoms. The molecule has 3 heterocycles. The molecule has 0 aromatic carbocycles. The van der Waals surface area contributed by atoms with Gasteiger partial charge in [-0.05, 0) is 50.3 Å². The first-order valence-corrected chi connectivity index (χ1v) is 8.30. The molecule has 0 spiro atoms. The number of aromatic nitrogens is 2. The molecule has 0 saturated carbocycles. The molecule has 0 aliphatic carbocycles. The Morgan fingerprint density at radius 2 is 2.21 bits per heavy atom. The number of nitrogens with one attached hydrogen (secondary N) is 2. The highest BCUT2D eigenvalue weighted by molar-refractivity contribution is 7.80. The first-order valence-electron chi connectivity index (χ1n) is 7.89. The summed E-state index contributed by atoms with van der Waals surface area (Å²) in [7, 11) is 0. The van der Waals surface area contributed by atoms with E-state index in [4.69, 9.17) is 17.0 Å². The highest BCUT2D eigenvalue weighted by Gasteiger charge is 2.41. The number of pyridine rings is 1. The molecular formula is C17H20N4O2S. The summed E-state index contributed by atoms with van der Waals surface area (Å²) in [4.78, 5) is 21.7. The molecule has 3 rings (SSSR count). The fourth-order valence-corrected chi connectivity index (χ4v) is 3.26. The lowest BCUT2D eigenvalue weighted by Gasteiger charge is -2.26. The van der Waals surface area contributed by atoms with Crippen molar-refractivity contribution in [1.29, 1.82) is 0 Å². The third kappa shape index (κ3) is 3.26. The van der Waals surface area contributed by atoms with Crippen molar-refractivity contribution in [2.45, 2.75) is 25.9 Å². The van der Waals surface area contributed by atoms with E-state index in [1.54, 1.807) is 13.1 Å². The summed E-state index contributed by atoms with van der Waals surface area (Å²) in [6.07, 6.45) is 1.76. The van der Waals surface area contributed by atoms with Gasteiger partial charge in [-0.15, -0.1) is 0 Å². The summed E-state index contributed by atoms with van der Waals surface area (Å²) in [6, 6.07) is 9.52. The smallest absolute Gasteiger partial charge is 0.325 e. The van der Waals surface area contributed by atoms with Crippen molar-refractivity contribution in [2.75, 3.05) is 13.2 Å². The molecule has 7 heteroatoms. The van der Waals surface area contributed by atoms with Gasteiger partial charge in [0.1, 0.15) is 6.54 Å². The van der Waals surface area contributed by atoms with Crippen LogP contribution in [0.1, 0.15) is 36.1 Å². The fraction of sp³-hybridized carbons (Fsp3) is 0.353. The van der Waals surface area contributed by atoms with Crippen LogP contribution in [0, 0.1) is 6.92 Å². The monoisotopic (exact) mass is 344 g/mol. The standard InChI is InChI=1S/C17H20N4O2S/c1-3-23-14(22)10-21-16(13-8-7-11(2)19-13)15(20-17(21)24)12-6-4-5-9-18-12/h4-9,15-16,19H,3,10H2,1-2H3,(H,20,24)/t15-,16-/m1/s1. The van der Waals surface area contributed by atoms with Gasteiger partial charge >= 0.3 is 5.97 Å². The first kappa shape index (κ1) is 16.4. The predicted molar refractivity (Wildman–Crippen MR) is 94.3 cm³/mol. The number of esters is 1. The molecule has 1 aliphatic rings. The SMILES string of the molecule is CCOC(=O)CN1C(=S)N[C@H](c2ccccn2)[C@H]1c1ccc(C)[nH]1. The van der Waals surface area contributed by atoms with E-state index in [0.29, 0.717) is 11.7 Å². The van der Waals surface area contributed by atoms with Gasteiger partial charge in [0, 0.05) is 17.6 Å². The van der Waals surface area contributed by atoms with Crippen LogP contribution in [0.15, 0.2) is 36.5 Å². The Bertz CT molecular complexity index is 731. The molecule has 2 aromatic heterocycles. The second kappa shape index (κ2) is 7.00. The van der Waals surface area contributed by atoms with Gasteiger partial charge in [0.2, 0.25) is 0 Å². The van der Waals surface area contributed by atoms with Crippen LogP contribution >= 0.6 is 12.2 Å². The zero-order valence-corrected chi connectivity index (χ0v) is 14.5. The molecular weight excluding hydrogens is 324 g/mol. The molecule has 2 atom stereocenters. The lowest BCUT2D eigenvalue weighted by atomic mass is 10.0. The molecule has 0 unspecified atom stereocenters. The average Bonchev–Trinajstić information content (AvgIpc) is 3.13. The number of nitrogens with zero attached hydrogens (tertiary/aromatic N) is 2. The van der Waals surface area contributed by atoms with Crippen molar-refractivity contribution in [1.82, 2.24) is 20.2 Å². The second-order valence-corrected chi connectivity index (χ2v) is 6.04. The van der Waals surface area contributed by atoms with E-state index in [9.17, 15) is 4.79 Å². The van der Waals surface area contributed by atoms with E-state index in [1.807, 2.05) is 42.2 Å². The quantitative estimate of drug-likeness (QED) is 0.640. The van der Waals surface area contributed by atoms with Crippen molar-refractivity contribution < 1.29 is 9.53 Å². The van der Waals surface area contributed by atoms with Gasteiger partial charge < -0.3 is 19.9 Å². The van der Waals surface area contributed by atoms with Crippen LogP contribution in [0.3, 0.4) is 0 Å². The predicted octanol–water partition coefficient (Wildman–Crippen LogP) is 2.25. The molecule has 1 aliphatic heterocycles. The Hall–Kier alpha value is -2.41. The number of hydrogen-bond acceptors (Lipinski definition) is 4. The Morgan fingerprint density at radius 3 is 2.83 bits per heavy atom. The normalized spacial score (nSPS) is 20.1. The number of rotatable bonds is 5. The third-order valence-electron chi connectivity index (χ3n) is 3.98. The summed E-state index contributed by atoms with van der Waals surface area (Å²) >= 11 is 5.47. The number of H-pyrrole nitrogens is 1. The number of hydrogen-bond donors (Lipinski definition) is 2. The number of aryl methyl sites for hydroxylation is 1. The maximum absolute atomic E-state index is 12.0. The summed E-state index contributed by atoms with van der Waals surface area (Å²) in [5.41, 5.74) is 2.92. The van der Waals surface area contributed by atoms with Gasteiger partial charge in [0.05, 0.1) is 24.4 Å². The highest BCUT2D eigenvalue weighted by Crippen LogP contribution is 2.37. The highest BCUT2D eigenvalue weighted by atomic mass is 32.1. The zero-order chi connectivity index (χ0) is 17.1. The summed E-state index contributed by atoms with van der Waals surface area (Å²) in [6.45, 7) is 4.24. The lowest BCUT2D eigenvalue weighted by Crippen LogP contribution is -2.35. The van der Waals surface area contributed by atoms with Gasteiger partial charge in [-0.2, -0.15) is 0 Å². The van der Waals surface area contributed by atoms with Crippen molar-refractivity contribution >= 4 is 23.3 Å². The maximum atomic E-state index is 12.0. The second-order valence-electron chi connectivity index (χ2n) is 5.66. The Kier molecular flexibility index (Phi) is 4.80. The number of ether oxygens (including phenoxy) is 1. The summed E-state index contributed by atoms with van der Waals surface area (Å²) in [5, 5.41) is 3.82. The van der Waals surface area contributed by atoms with E-state index < -0.39 is 0 Å². The van der Waals surface area contributed by atoms with Gasteiger partial charge in [0.25, 0.3) is 0 Å². The Labute approximate surface area is 146 Å². The zero-order valence-electron chi connectivity index (χ0n) is 13.7. The lowest BCUT2D eigenvalue weighted by molar-refractivity contribution is -0.143. The van der Waals surface area contributed by atoms with E-state index in [1.165, 1.54) is 0 Å². The Balaban J connectivity index is 1.95. The maximum Gasteiger partial charge on any atom is 0.325 e. The van der Waals surface area contributed by atoms with Crippen LogP contribution in [0.25, 0.3) is 0 Å². The van der Waals surface area contributed by atoms with Crippen LogP contribution in [0.2, 0.25) is 0 Å². The van der Waals surface area contributed by atoms with E-state index in [0.717, 1.165) is 17.1 Å². The van der Waals surface area contributed by atoms with Crippen LogP contribution in [0.4, 0.5) is 0 Å². The summed E-state index contributed by atoms with van der Waals surface area (Å²) in [5.74, 6) is -0.295. The average molecular weight is 344 g/mol. The van der Waals surface area contributed by atoms with Gasteiger partial charge in [-0.25, -0.2) is 0 Å². The number of carbonyl (C=O) groups excluding carboxylic acids is 1. The van der Waals surface area contributed by atoms with Crippen LogP contribution in [-0.2, 0) is 9.53 Å².